The van der Waals surface area contributed by atoms with Crippen LogP contribution in [0.4, 0.5) is 13.2 Å². The van der Waals surface area contributed by atoms with Crippen molar-refractivity contribution in [3.05, 3.63) is 0 Å². The molecule has 0 aromatic heterocycles. The fourth-order valence-corrected chi connectivity index (χ4v) is 1.85. The van der Waals surface area contributed by atoms with E-state index in [9.17, 15) is 23.1 Å². The number of carbonyl (C=O) groups is 1. The summed E-state index contributed by atoms with van der Waals surface area (Å²) in [5.41, 5.74) is -1.01. The molecule has 120 valence electrons. The van der Waals surface area contributed by atoms with E-state index < -0.39 is 24.1 Å². The standard InChI is InChI=1S/C13H24F3NO3/c1-10(2)17-12(3,11(18)19)6-4-5-8-20-9-7-13(14,15)16/h10,17H,4-9H2,1-3H3,(H,18,19). The Morgan fingerprint density at radius 3 is 2.25 bits per heavy atom. The molecule has 0 aromatic rings. The fraction of sp³-hybridized carbons (Fsp3) is 0.923. The summed E-state index contributed by atoms with van der Waals surface area (Å²) in [6.45, 7) is 5.21. The summed E-state index contributed by atoms with van der Waals surface area (Å²) in [5, 5.41) is 12.2. The van der Waals surface area contributed by atoms with Crippen LogP contribution in [0.2, 0.25) is 0 Å². The first-order valence-corrected chi connectivity index (χ1v) is 6.72. The highest BCUT2D eigenvalue weighted by molar-refractivity contribution is 5.78. The van der Waals surface area contributed by atoms with Gasteiger partial charge in [0.25, 0.3) is 0 Å². The maximum Gasteiger partial charge on any atom is 0.391 e. The highest BCUT2D eigenvalue weighted by atomic mass is 19.4. The van der Waals surface area contributed by atoms with Crippen molar-refractivity contribution in [1.29, 1.82) is 0 Å². The Balaban J connectivity index is 3.83. The molecule has 7 heteroatoms. The molecule has 20 heavy (non-hydrogen) atoms. The van der Waals surface area contributed by atoms with Gasteiger partial charge < -0.3 is 9.84 Å². The summed E-state index contributed by atoms with van der Waals surface area (Å²) < 4.78 is 40.4. The molecule has 0 aliphatic carbocycles. The summed E-state index contributed by atoms with van der Waals surface area (Å²) in [6, 6.07) is 0.0409. The monoisotopic (exact) mass is 299 g/mol. The number of carboxylic acids is 1. The van der Waals surface area contributed by atoms with Gasteiger partial charge in [-0.15, -0.1) is 0 Å². The third-order valence-electron chi connectivity index (χ3n) is 2.82. The van der Waals surface area contributed by atoms with Crippen molar-refractivity contribution in [2.45, 2.75) is 64.2 Å². The summed E-state index contributed by atoms with van der Waals surface area (Å²) in [5.74, 6) is -0.927. The number of rotatable bonds is 10. The number of unbranched alkanes of at least 4 members (excludes halogenated alkanes) is 1. The third-order valence-corrected chi connectivity index (χ3v) is 2.82. The minimum absolute atomic E-state index is 0.0409. The molecule has 0 radical (unpaired) electrons. The molecule has 0 fully saturated rings. The molecule has 1 unspecified atom stereocenters. The number of hydrogen-bond donors (Lipinski definition) is 2. The van der Waals surface area contributed by atoms with Crippen LogP contribution >= 0.6 is 0 Å². The Labute approximate surface area is 117 Å². The third kappa shape index (κ3) is 9.14. The van der Waals surface area contributed by atoms with Gasteiger partial charge in [0.15, 0.2) is 0 Å². The van der Waals surface area contributed by atoms with Gasteiger partial charge in [-0.25, -0.2) is 0 Å². The van der Waals surface area contributed by atoms with Crippen LogP contribution in [0.25, 0.3) is 0 Å². The first kappa shape index (κ1) is 19.2. The summed E-state index contributed by atoms with van der Waals surface area (Å²) in [7, 11) is 0. The molecule has 0 aliphatic rings. The van der Waals surface area contributed by atoms with Crippen molar-refractivity contribution in [1.82, 2.24) is 5.32 Å². The molecule has 0 spiro atoms. The molecule has 2 N–H and O–H groups in total. The Morgan fingerprint density at radius 1 is 1.20 bits per heavy atom. The molecular formula is C13H24F3NO3. The number of aliphatic carboxylic acids is 1. The second-order valence-corrected chi connectivity index (χ2v) is 5.37. The minimum atomic E-state index is -4.19. The number of ether oxygens (including phenoxy) is 1. The van der Waals surface area contributed by atoms with Crippen LogP contribution in [-0.4, -0.2) is 42.0 Å². The van der Waals surface area contributed by atoms with Gasteiger partial charge in [0.2, 0.25) is 0 Å². The maximum absolute atomic E-state index is 11.8. The maximum atomic E-state index is 11.8. The lowest BCUT2D eigenvalue weighted by atomic mass is 9.94. The number of hydrogen-bond acceptors (Lipinski definition) is 3. The van der Waals surface area contributed by atoms with Crippen LogP contribution in [0.15, 0.2) is 0 Å². The zero-order valence-corrected chi connectivity index (χ0v) is 12.2. The van der Waals surface area contributed by atoms with Crippen LogP contribution in [-0.2, 0) is 9.53 Å². The Hall–Kier alpha value is -0.820. The van der Waals surface area contributed by atoms with Crippen LogP contribution in [0.1, 0.15) is 46.5 Å². The van der Waals surface area contributed by atoms with Crippen LogP contribution in [0.3, 0.4) is 0 Å². The molecule has 0 aromatic carbocycles. The first-order chi connectivity index (χ1) is 9.07. The lowest BCUT2D eigenvalue weighted by Gasteiger charge is -2.28. The van der Waals surface area contributed by atoms with E-state index in [0.717, 1.165) is 0 Å². The Bertz CT molecular complexity index is 295. The smallest absolute Gasteiger partial charge is 0.391 e. The van der Waals surface area contributed by atoms with E-state index >= 15 is 0 Å². The van der Waals surface area contributed by atoms with Crippen LogP contribution < -0.4 is 5.32 Å². The SMILES string of the molecule is CC(C)NC(C)(CCCCOCCC(F)(F)F)C(=O)O. The Morgan fingerprint density at radius 2 is 1.80 bits per heavy atom. The number of alkyl halides is 3. The average Bonchev–Trinajstić information content (AvgIpc) is 2.25. The van der Waals surface area contributed by atoms with E-state index in [1.165, 1.54) is 0 Å². The average molecular weight is 299 g/mol. The normalized spacial score (nSPS) is 15.3. The van der Waals surface area contributed by atoms with Crippen LogP contribution in [0.5, 0.6) is 0 Å². The molecule has 0 amide bonds. The van der Waals surface area contributed by atoms with Gasteiger partial charge in [0.05, 0.1) is 13.0 Å². The molecule has 0 aliphatic heterocycles. The van der Waals surface area contributed by atoms with E-state index in [1.807, 2.05) is 13.8 Å². The van der Waals surface area contributed by atoms with Crippen molar-refractivity contribution < 1.29 is 27.8 Å². The molecule has 4 nitrogen and oxygen atoms in total. The van der Waals surface area contributed by atoms with E-state index in [2.05, 4.69) is 5.32 Å². The second kappa shape index (κ2) is 8.46. The zero-order chi connectivity index (χ0) is 15.8. The molecule has 0 saturated heterocycles. The van der Waals surface area contributed by atoms with Crippen molar-refractivity contribution in [3.63, 3.8) is 0 Å². The van der Waals surface area contributed by atoms with Gasteiger partial charge >= 0.3 is 12.1 Å². The van der Waals surface area contributed by atoms with E-state index in [1.54, 1.807) is 6.92 Å². The molecule has 0 bridgehead atoms. The highest BCUT2D eigenvalue weighted by Gasteiger charge is 2.32. The lowest BCUT2D eigenvalue weighted by Crippen LogP contribution is -2.52. The second-order valence-electron chi connectivity index (χ2n) is 5.37. The lowest BCUT2D eigenvalue weighted by molar-refractivity contribution is -0.146. The molecule has 0 rings (SSSR count). The van der Waals surface area contributed by atoms with E-state index in [-0.39, 0.29) is 19.3 Å². The summed E-state index contributed by atoms with van der Waals surface area (Å²) in [6.07, 6.45) is -3.62. The first-order valence-electron chi connectivity index (χ1n) is 6.72. The van der Waals surface area contributed by atoms with Crippen LogP contribution in [0, 0.1) is 0 Å². The van der Waals surface area contributed by atoms with Gasteiger partial charge in [-0.05, 0) is 40.0 Å². The zero-order valence-electron chi connectivity index (χ0n) is 12.2. The number of carboxylic acid groups (broad SMARTS) is 1. The molecule has 0 saturated carbocycles. The van der Waals surface area contributed by atoms with E-state index in [0.29, 0.717) is 19.3 Å². The predicted molar refractivity (Wildman–Crippen MR) is 69.7 cm³/mol. The summed E-state index contributed by atoms with van der Waals surface area (Å²) >= 11 is 0. The van der Waals surface area contributed by atoms with Crippen molar-refractivity contribution in [2.24, 2.45) is 0 Å². The topological polar surface area (TPSA) is 58.6 Å². The molecule has 1 atom stereocenters. The van der Waals surface area contributed by atoms with Crippen molar-refractivity contribution >= 4 is 5.97 Å². The van der Waals surface area contributed by atoms with E-state index in [4.69, 9.17) is 4.74 Å². The highest BCUT2D eigenvalue weighted by Crippen LogP contribution is 2.19. The number of halogens is 3. The molecule has 0 heterocycles. The van der Waals surface area contributed by atoms with Crippen molar-refractivity contribution in [2.75, 3.05) is 13.2 Å². The number of nitrogens with one attached hydrogen (secondary N) is 1. The van der Waals surface area contributed by atoms with Gasteiger partial charge in [0, 0.05) is 12.6 Å². The van der Waals surface area contributed by atoms with Gasteiger partial charge in [-0.3, -0.25) is 10.1 Å². The van der Waals surface area contributed by atoms with Gasteiger partial charge in [-0.2, -0.15) is 13.2 Å². The fourth-order valence-electron chi connectivity index (χ4n) is 1.85. The summed E-state index contributed by atoms with van der Waals surface area (Å²) in [4.78, 5) is 11.2. The minimum Gasteiger partial charge on any atom is -0.480 e. The predicted octanol–water partition coefficient (Wildman–Crippen LogP) is 2.97. The quantitative estimate of drug-likeness (QED) is 0.609. The van der Waals surface area contributed by atoms with Crippen molar-refractivity contribution in [3.8, 4) is 0 Å². The molecular weight excluding hydrogens is 275 g/mol. The Kier molecular flexibility index (Phi) is 8.12. The largest absolute Gasteiger partial charge is 0.480 e. The van der Waals surface area contributed by atoms with Gasteiger partial charge in [0.1, 0.15) is 5.54 Å². The van der Waals surface area contributed by atoms with Gasteiger partial charge in [-0.1, -0.05) is 0 Å².